The summed E-state index contributed by atoms with van der Waals surface area (Å²) in [6, 6.07) is 5.42. The molecule has 7 heteroatoms. The lowest BCUT2D eigenvalue weighted by molar-refractivity contribution is -0.116. The van der Waals surface area contributed by atoms with E-state index >= 15 is 0 Å². The first kappa shape index (κ1) is 15.8. The third-order valence-electron chi connectivity index (χ3n) is 3.45. The second kappa shape index (κ2) is 6.44. The molecule has 1 amide bonds. The number of anilines is 2. The molecule has 0 saturated carbocycles. The van der Waals surface area contributed by atoms with Gasteiger partial charge in [-0.25, -0.2) is 8.42 Å². The van der Waals surface area contributed by atoms with E-state index in [1.165, 1.54) is 10.6 Å². The third kappa shape index (κ3) is 3.95. The third-order valence-corrected chi connectivity index (χ3v) is 4.63. The average molecular weight is 311 g/mol. The maximum Gasteiger partial charge on any atom is 0.232 e. The highest BCUT2D eigenvalue weighted by Gasteiger charge is 2.24. The first-order valence-electron chi connectivity index (χ1n) is 7.02. The number of nitrogens with two attached hydrogens (primary N) is 1. The Balaban J connectivity index is 2.22. The number of nitrogens with one attached hydrogen (secondary N) is 1. The highest BCUT2D eigenvalue weighted by molar-refractivity contribution is 7.92. The Kier molecular flexibility index (Phi) is 4.84. The quantitative estimate of drug-likeness (QED) is 0.851. The van der Waals surface area contributed by atoms with Gasteiger partial charge in [-0.1, -0.05) is 6.07 Å². The number of sulfonamides is 1. The molecule has 1 heterocycles. The fourth-order valence-corrected chi connectivity index (χ4v) is 3.44. The van der Waals surface area contributed by atoms with Crippen molar-refractivity contribution in [1.29, 1.82) is 0 Å². The molecule has 2 rings (SSSR count). The van der Waals surface area contributed by atoms with Crippen molar-refractivity contribution in [2.45, 2.75) is 25.7 Å². The van der Waals surface area contributed by atoms with Gasteiger partial charge in [-0.15, -0.1) is 0 Å². The van der Waals surface area contributed by atoms with Crippen molar-refractivity contribution < 1.29 is 13.2 Å². The molecule has 0 unspecified atom stereocenters. The van der Waals surface area contributed by atoms with Gasteiger partial charge in [0.15, 0.2) is 0 Å². The second-order valence-corrected chi connectivity index (χ2v) is 7.13. The van der Waals surface area contributed by atoms with Crippen LogP contribution in [-0.2, 0) is 21.2 Å². The standard InChI is InChI=1S/C14H21N3O3S/c1-21(19,20)17-9-3-4-11-6-7-12(10-13(11)17)16-14(18)5-2-8-15/h6-7,10H,2-5,8-9,15H2,1H3,(H,16,18). The van der Waals surface area contributed by atoms with Crippen molar-refractivity contribution in [3.8, 4) is 0 Å². The zero-order valence-electron chi connectivity index (χ0n) is 12.1. The largest absolute Gasteiger partial charge is 0.330 e. The number of carbonyl (C=O) groups is 1. The first-order valence-corrected chi connectivity index (χ1v) is 8.87. The SMILES string of the molecule is CS(=O)(=O)N1CCCc2ccc(NC(=O)CCCN)cc21. The highest BCUT2D eigenvalue weighted by Crippen LogP contribution is 2.31. The summed E-state index contributed by atoms with van der Waals surface area (Å²) in [7, 11) is -3.29. The smallest absolute Gasteiger partial charge is 0.232 e. The molecule has 3 N–H and O–H groups in total. The summed E-state index contributed by atoms with van der Waals surface area (Å²) in [5, 5.41) is 2.78. The minimum atomic E-state index is -3.29. The number of aryl methyl sites for hydroxylation is 1. The molecule has 21 heavy (non-hydrogen) atoms. The van der Waals surface area contributed by atoms with Crippen LogP contribution in [0, 0.1) is 0 Å². The maximum absolute atomic E-state index is 11.8. The van der Waals surface area contributed by atoms with Gasteiger partial charge in [0, 0.05) is 18.7 Å². The van der Waals surface area contributed by atoms with Crippen LogP contribution in [-0.4, -0.2) is 33.7 Å². The summed E-state index contributed by atoms with van der Waals surface area (Å²) >= 11 is 0. The monoisotopic (exact) mass is 311 g/mol. The molecule has 0 fully saturated rings. The number of hydrogen-bond donors (Lipinski definition) is 2. The Bertz CT molecular complexity index is 628. The Hall–Kier alpha value is -1.60. The van der Waals surface area contributed by atoms with Crippen LogP contribution < -0.4 is 15.4 Å². The number of rotatable bonds is 5. The summed E-state index contributed by atoms with van der Waals surface area (Å²) in [5.41, 5.74) is 7.65. The number of nitrogens with zero attached hydrogens (tertiary/aromatic N) is 1. The molecule has 1 aliphatic rings. The zero-order valence-corrected chi connectivity index (χ0v) is 12.9. The minimum Gasteiger partial charge on any atom is -0.330 e. The van der Waals surface area contributed by atoms with E-state index in [2.05, 4.69) is 5.32 Å². The average Bonchev–Trinajstić information content (AvgIpc) is 2.43. The van der Waals surface area contributed by atoms with Crippen LogP contribution in [0.15, 0.2) is 18.2 Å². The van der Waals surface area contributed by atoms with E-state index in [9.17, 15) is 13.2 Å². The zero-order chi connectivity index (χ0) is 15.5. The van der Waals surface area contributed by atoms with Crippen LogP contribution in [0.3, 0.4) is 0 Å². The van der Waals surface area contributed by atoms with E-state index in [0.717, 1.165) is 18.4 Å². The van der Waals surface area contributed by atoms with Gasteiger partial charge in [-0.05, 0) is 43.5 Å². The van der Waals surface area contributed by atoms with Gasteiger partial charge < -0.3 is 11.1 Å². The summed E-state index contributed by atoms with van der Waals surface area (Å²) < 4.78 is 25.1. The molecule has 0 bridgehead atoms. The summed E-state index contributed by atoms with van der Waals surface area (Å²) in [5.74, 6) is -0.109. The van der Waals surface area contributed by atoms with Crippen molar-refractivity contribution >= 4 is 27.3 Å². The predicted octanol–water partition coefficient (Wildman–Crippen LogP) is 1.08. The van der Waals surface area contributed by atoms with Crippen LogP contribution >= 0.6 is 0 Å². The fraction of sp³-hybridized carbons (Fsp3) is 0.500. The fourth-order valence-electron chi connectivity index (χ4n) is 2.45. The van der Waals surface area contributed by atoms with Crippen LogP contribution in [0.2, 0.25) is 0 Å². The second-order valence-electron chi connectivity index (χ2n) is 5.22. The van der Waals surface area contributed by atoms with Crippen LogP contribution in [0.5, 0.6) is 0 Å². The molecule has 0 radical (unpaired) electrons. The van der Waals surface area contributed by atoms with E-state index in [-0.39, 0.29) is 5.91 Å². The Labute approximate surface area is 125 Å². The number of benzene rings is 1. The minimum absolute atomic E-state index is 0.109. The lowest BCUT2D eigenvalue weighted by atomic mass is 10.0. The van der Waals surface area contributed by atoms with E-state index in [1.54, 1.807) is 6.07 Å². The molecule has 116 valence electrons. The molecule has 0 aromatic heterocycles. The van der Waals surface area contributed by atoms with Gasteiger partial charge in [0.25, 0.3) is 0 Å². The first-order chi connectivity index (χ1) is 9.91. The number of fused-ring (bicyclic) bond motifs is 1. The predicted molar refractivity (Wildman–Crippen MR) is 83.9 cm³/mol. The lowest BCUT2D eigenvalue weighted by Crippen LogP contribution is -2.34. The summed E-state index contributed by atoms with van der Waals surface area (Å²) in [4.78, 5) is 11.7. The topological polar surface area (TPSA) is 92.5 Å². The molecule has 6 nitrogen and oxygen atoms in total. The molecule has 1 aromatic rings. The summed E-state index contributed by atoms with van der Waals surface area (Å²) in [6.45, 7) is 0.954. The van der Waals surface area contributed by atoms with Crippen molar-refractivity contribution in [2.24, 2.45) is 5.73 Å². The van der Waals surface area contributed by atoms with E-state index in [0.29, 0.717) is 37.3 Å². The Morgan fingerprint density at radius 1 is 1.43 bits per heavy atom. The van der Waals surface area contributed by atoms with Gasteiger partial charge >= 0.3 is 0 Å². The highest BCUT2D eigenvalue weighted by atomic mass is 32.2. The molecule has 0 saturated heterocycles. The molecule has 0 aliphatic carbocycles. The van der Waals surface area contributed by atoms with Gasteiger partial charge in [-0.3, -0.25) is 9.10 Å². The van der Waals surface area contributed by atoms with E-state index < -0.39 is 10.0 Å². The van der Waals surface area contributed by atoms with Crippen molar-refractivity contribution in [2.75, 3.05) is 29.0 Å². The Morgan fingerprint density at radius 2 is 2.19 bits per heavy atom. The van der Waals surface area contributed by atoms with Gasteiger partial charge in [0.2, 0.25) is 15.9 Å². The molecule has 1 aromatic carbocycles. The van der Waals surface area contributed by atoms with Crippen LogP contribution in [0.1, 0.15) is 24.8 Å². The molecule has 0 atom stereocenters. The van der Waals surface area contributed by atoms with Gasteiger partial charge in [0.05, 0.1) is 11.9 Å². The van der Waals surface area contributed by atoms with Crippen LogP contribution in [0.4, 0.5) is 11.4 Å². The summed E-state index contributed by atoms with van der Waals surface area (Å²) in [6.07, 6.45) is 3.86. The molecule has 0 spiro atoms. The lowest BCUT2D eigenvalue weighted by Gasteiger charge is -2.29. The van der Waals surface area contributed by atoms with E-state index in [1.807, 2.05) is 12.1 Å². The van der Waals surface area contributed by atoms with Gasteiger partial charge in [-0.2, -0.15) is 0 Å². The van der Waals surface area contributed by atoms with E-state index in [4.69, 9.17) is 5.73 Å². The van der Waals surface area contributed by atoms with Crippen molar-refractivity contribution in [1.82, 2.24) is 0 Å². The van der Waals surface area contributed by atoms with Gasteiger partial charge in [0.1, 0.15) is 0 Å². The number of hydrogen-bond acceptors (Lipinski definition) is 4. The molecular formula is C14H21N3O3S. The number of carbonyl (C=O) groups excluding carboxylic acids is 1. The van der Waals surface area contributed by atoms with Crippen LogP contribution in [0.25, 0.3) is 0 Å². The van der Waals surface area contributed by atoms with Crippen molar-refractivity contribution in [3.05, 3.63) is 23.8 Å². The number of amides is 1. The molecular weight excluding hydrogens is 290 g/mol. The normalized spacial score (nSPS) is 14.7. The Morgan fingerprint density at radius 3 is 2.86 bits per heavy atom. The van der Waals surface area contributed by atoms with Crippen molar-refractivity contribution in [3.63, 3.8) is 0 Å². The molecule has 1 aliphatic heterocycles. The maximum atomic E-state index is 11.8.